The second-order valence-corrected chi connectivity index (χ2v) is 9.01. The molecule has 0 unspecified atom stereocenters. The van der Waals surface area contributed by atoms with E-state index in [0.717, 1.165) is 5.39 Å². The van der Waals surface area contributed by atoms with Crippen molar-refractivity contribution in [2.24, 2.45) is 0 Å². The van der Waals surface area contributed by atoms with Gasteiger partial charge in [-0.15, -0.1) is 0 Å². The third kappa shape index (κ3) is 3.85. The second-order valence-electron chi connectivity index (χ2n) is 6.78. The zero-order valence-electron chi connectivity index (χ0n) is 15.6. The fourth-order valence-electron chi connectivity index (χ4n) is 3.48. The third-order valence-electron chi connectivity index (χ3n) is 4.93. The average Bonchev–Trinajstić information content (AvgIpc) is 3.15. The third-order valence-corrected chi connectivity index (χ3v) is 6.68. The minimum atomic E-state index is -3.11. The lowest BCUT2D eigenvalue weighted by Gasteiger charge is -2.29. The van der Waals surface area contributed by atoms with Crippen LogP contribution in [0.25, 0.3) is 11.0 Å². The van der Waals surface area contributed by atoms with Gasteiger partial charge in [0.15, 0.2) is 15.9 Å². The van der Waals surface area contributed by atoms with Crippen molar-refractivity contribution in [3.8, 4) is 0 Å². The summed E-state index contributed by atoms with van der Waals surface area (Å²) in [6.45, 7) is 5.38. The molecule has 1 amide bonds. The quantitative estimate of drug-likeness (QED) is 0.724. The lowest BCUT2D eigenvalue weighted by molar-refractivity contribution is -0.141. The van der Waals surface area contributed by atoms with Crippen molar-refractivity contribution >= 4 is 32.7 Å². The van der Waals surface area contributed by atoms with Crippen molar-refractivity contribution in [1.29, 1.82) is 0 Å². The number of esters is 1. The number of benzene rings is 1. The monoisotopic (exact) mass is 393 g/mol. The Morgan fingerprint density at radius 1 is 1.33 bits per heavy atom. The summed E-state index contributed by atoms with van der Waals surface area (Å²) in [5.41, 5.74) is 1.23. The molecule has 1 fully saturated rings. The van der Waals surface area contributed by atoms with E-state index in [2.05, 4.69) is 0 Å². The predicted octanol–water partition coefficient (Wildman–Crippen LogP) is 2.32. The van der Waals surface area contributed by atoms with Crippen LogP contribution in [0, 0.1) is 6.92 Å². The van der Waals surface area contributed by atoms with Gasteiger partial charge in [0.25, 0.3) is 5.91 Å². The van der Waals surface area contributed by atoms with Crippen molar-refractivity contribution in [2.45, 2.75) is 39.3 Å². The van der Waals surface area contributed by atoms with Crippen molar-refractivity contribution in [3.05, 3.63) is 35.6 Å². The first-order chi connectivity index (χ1) is 12.7. The van der Waals surface area contributed by atoms with Gasteiger partial charge in [0.1, 0.15) is 5.58 Å². The van der Waals surface area contributed by atoms with Crippen LogP contribution >= 0.6 is 0 Å². The van der Waals surface area contributed by atoms with E-state index in [1.165, 1.54) is 11.8 Å². The van der Waals surface area contributed by atoms with Gasteiger partial charge in [0, 0.05) is 23.5 Å². The number of amides is 1. The summed E-state index contributed by atoms with van der Waals surface area (Å²) in [5, 5.41) is 0.815. The number of ether oxygens (including phenoxy) is 1. The van der Waals surface area contributed by atoms with Gasteiger partial charge < -0.3 is 14.1 Å². The molecule has 0 bridgehead atoms. The first-order valence-electron chi connectivity index (χ1n) is 8.93. The Balaban J connectivity index is 1.73. The smallest absolute Gasteiger partial charge is 0.375 e. The van der Waals surface area contributed by atoms with Crippen LogP contribution in [0.5, 0.6) is 0 Å². The Bertz CT molecular complexity index is 977. The Hall–Kier alpha value is -2.35. The SMILES string of the molecule is CCN(C(=O)[C@H](C)OC(=O)c1oc2ccccc2c1C)[C@@H]1CCS(=O)(=O)C1. The highest BCUT2D eigenvalue weighted by Gasteiger charge is 2.36. The predicted molar refractivity (Wildman–Crippen MR) is 100 cm³/mol. The number of furan rings is 1. The number of para-hydroxylation sites is 1. The van der Waals surface area contributed by atoms with E-state index in [1.807, 2.05) is 12.1 Å². The molecule has 2 aromatic rings. The van der Waals surface area contributed by atoms with Crippen molar-refractivity contribution in [3.63, 3.8) is 0 Å². The number of hydrogen-bond donors (Lipinski definition) is 0. The highest BCUT2D eigenvalue weighted by atomic mass is 32.2. The summed E-state index contributed by atoms with van der Waals surface area (Å²) in [7, 11) is -3.11. The van der Waals surface area contributed by atoms with Gasteiger partial charge >= 0.3 is 5.97 Å². The molecule has 1 aromatic carbocycles. The summed E-state index contributed by atoms with van der Waals surface area (Å²) in [4.78, 5) is 26.7. The molecule has 27 heavy (non-hydrogen) atoms. The van der Waals surface area contributed by atoms with Gasteiger partial charge in [-0.05, 0) is 33.3 Å². The number of nitrogens with zero attached hydrogens (tertiary/aromatic N) is 1. The van der Waals surface area contributed by atoms with Gasteiger partial charge in [-0.2, -0.15) is 0 Å². The molecule has 1 saturated heterocycles. The molecule has 2 atom stereocenters. The lowest BCUT2D eigenvalue weighted by Crippen LogP contribution is -2.46. The number of rotatable bonds is 5. The largest absolute Gasteiger partial charge is 0.449 e. The van der Waals surface area contributed by atoms with Gasteiger partial charge in [-0.1, -0.05) is 18.2 Å². The fraction of sp³-hybridized carbons (Fsp3) is 0.474. The summed E-state index contributed by atoms with van der Waals surface area (Å²) < 4.78 is 34.3. The van der Waals surface area contributed by atoms with Crippen molar-refractivity contribution in [1.82, 2.24) is 4.90 Å². The molecule has 3 rings (SSSR count). The van der Waals surface area contributed by atoms with Gasteiger partial charge in [-0.25, -0.2) is 13.2 Å². The molecule has 0 spiro atoms. The van der Waals surface area contributed by atoms with E-state index in [1.54, 1.807) is 26.0 Å². The Labute approximate surface area is 158 Å². The number of aryl methyl sites for hydroxylation is 1. The first-order valence-corrected chi connectivity index (χ1v) is 10.8. The topological polar surface area (TPSA) is 93.9 Å². The maximum Gasteiger partial charge on any atom is 0.375 e. The van der Waals surface area contributed by atoms with Crippen LogP contribution < -0.4 is 0 Å². The van der Waals surface area contributed by atoms with Crippen LogP contribution in [0.1, 0.15) is 36.4 Å². The van der Waals surface area contributed by atoms with Crippen LogP contribution in [0.15, 0.2) is 28.7 Å². The molecule has 1 aliphatic rings. The number of carbonyl (C=O) groups is 2. The molecular formula is C19H23NO6S. The average molecular weight is 393 g/mol. The van der Waals surface area contributed by atoms with Crippen LogP contribution in [0.3, 0.4) is 0 Å². The van der Waals surface area contributed by atoms with Crippen molar-refractivity contribution in [2.75, 3.05) is 18.1 Å². The molecule has 146 valence electrons. The van der Waals surface area contributed by atoms with Crippen LogP contribution in [-0.4, -0.2) is 55.4 Å². The Morgan fingerprint density at radius 2 is 2.04 bits per heavy atom. The molecule has 0 saturated carbocycles. The maximum absolute atomic E-state index is 12.7. The highest BCUT2D eigenvalue weighted by Crippen LogP contribution is 2.26. The summed E-state index contributed by atoms with van der Waals surface area (Å²) in [5.74, 6) is -1.01. The minimum absolute atomic E-state index is 0.0457. The molecule has 2 heterocycles. The van der Waals surface area contributed by atoms with Gasteiger partial charge in [0.2, 0.25) is 5.76 Å². The molecular weight excluding hydrogens is 370 g/mol. The molecule has 1 aliphatic heterocycles. The van der Waals surface area contributed by atoms with Gasteiger partial charge in [0.05, 0.1) is 11.5 Å². The highest BCUT2D eigenvalue weighted by molar-refractivity contribution is 7.91. The van der Waals surface area contributed by atoms with E-state index < -0.39 is 27.8 Å². The van der Waals surface area contributed by atoms with E-state index in [4.69, 9.17) is 9.15 Å². The first kappa shape index (κ1) is 19.4. The Kier molecular flexibility index (Phi) is 5.28. The second kappa shape index (κ2) is 7.34. The number of likely N-dealkylation sites (N-methyl/N-ethyl adjacent to an activating group) is 1. The van der Waals surface area contributed by atoms with E-state index in [-0.39, 0.29) is 23.3 Å². The lowest BCUT2D eigenvalue weighted by atomic mass is 10.1. The molecule has 7 nitrogen and oxygen atoms in total. The van der Waals surface area contributed by atoms with Crippen LogP contribution in [0.2, 0.25) is 0 Å². The summed E-state index contributed by atoms with van der Waals surface area (Å²) in [6.07, 6.45) is -0.626. The summed E-state index contributed by atoms with van der Waals surface area (Å²) >= 11 is 0. The zero-order chi connectivity index (χ0) is 19.8. The van der Waals surface area contributed by atoms with E-state index in [9.17, 15) is 18.0 Å². The standard InChI is InChI=1S/C19H23NO6S/c1-4-20(14-9-10-27(23,24)11-14)18(21)13(3)25-19(22)17-12(2)15-7-5-6-8-16(15)26-17/h5-8,13-14H,4,9-11H2,1-3H3/t13-,14+/m0/s1. The zero-order valence-corrected chi connectivity index (χ0v) is 16.4. The molecule has 0 N–H and O–H groups in total. The van der Waals surface area contributed by atoms with Gasteiger partial charge in [-0.3, -0.25) is 4.79 Å². The molecule has 1 aromatic heterocycles. The number of fused-ring (bicyclic) bond motifs is 1. The number of hydrogen-bond acceptors (Lipinski definition) is 6. The maximum atomic E-state index is 12.7. The number of carbonyl (C=O) groups excluding carboxylic acids is 2. The number of sulfone groups is 1. The van der Waals surface area contributed by atoms with Crippen LogP contribution in [0.4, 0.5) is 0 Å². The fourth-order valence-corrected chi connectivity index (χ4v) is 5.21. The van der Waals surface area contributed by atoms with Crippen LogP contribution in [-0.2, 0) is 19.4 Å². The minimum Gasteiger partial charge on any atom is -0.449 e. The molecule has 8 heteroatoms. The normalized spacial score (nSPS) is 19.7. The Morgan fingerprint density at radius 3 is 2.63 bits per heavy atom. The summed E-state index contributed by atoms with van der Waals surface area (Å²) in [6, 6.07) is 6.88. The van der Waals surface area contributed by atoms with Crippen molar-refractivity contribution < 1.29 is 27.2 Å². The van der Waals surface area contributed by atoms with E-state index >= 15 is 0 Å². The molecule has 0 radical (unpaired) electrons. The van der Waals surface area contributed by atoms with E-state index in [0.29, 0.717) is 24.1 Å². The molecule has 0 aliphatic carbocycles.